The van der Waals surface area contributed by atoms with E-state index in [1.807, 2.05) is 6.07 Å². The number of halogens is 2. The van der Waals surface area contributed by atoms with Crippen LogP contribution in [0.1, 0.15) is 28.4 Å². The van der Waals surface area contributed by atoms with E-state index in [1.165, 1.54) is 7.11 Å². The number of aromatic nitrogens is 1. The highest BCUT2D eigenvalue weighted by atomic mass is 35.5. The lowest BCUT2D eigenvalue weighted by Crippen LogP contribution is -2.22. The zero-order valence-electron chi connectivity index (χ0n) is 13.7. The number of benzene rings is 1. The summed E-state index contributed by atoms with van der Waals surface area (Å²) in [6, 6.07) is 6.75. The number of hydrogen-bond donors (Lipinski definition) is 1. The van der Waals surface area contributed by atoms with Crippen LogP contribution in [0.5, 0.6) is 5.75 Å². The molecule has 1 fully saturated rings. The fourth-order valence-electron chi connectivity index (χ4n) is 2.97. The van der Waals surface area contributed by atoms with Crippen LogP contribution in [0.4, 0.5) is 0 Å². The van der Waals surface area contributed by atoms with Crippen LogP contribution in [-0.4, -0.2) is 31.2 Å². The summed E-state index contributed by atoms with van der Waals surface area (Å²) in [5.74, 6) is 0.166. The summed E-state index contributed by atoms with van der Waals surface area (Å²) in [6.45, 7) is 1.74. The Labute approximate surface area is 156 Å². The maximum Gasteiger partial charge on any atom is 0.341 e. The molecule has 132 valence electrons. The molecule has 1 aromatic heterocycles. The summed E-state index contributed by atoms with van der Waals surface area (Å²) in [7, 11) is 1.33. The molecule has 0 aliphatic carbocycles. The standard InChI is InChI=1S/C18H18Cl2N2O3/c1-24-18(23)15-7-13(19)2-3-16(15)25-17(11-4-5-21-8-11)12-6-14(20)10-22-9-12/h2-3,6-7,9-11,17,21H,4-5,8H2,1H3/t11-,17+/m1/s1. The molecule has 0 spiro atoms. The maximum atomic E-state index is 12.1. The van der Waals surface area contributed by atoms with Crippen molar-refractivity contribution in [3.8, 4) is 5.75 Å². The fraction of sp³-hybridized carbons (Fsp3) is 0.333. The predicted octanol–water partition coefficient (Wildman–Crippen LogP) is 3.90. The summed E-state index contributed by atoms with van der Waals surface area (Å²) in [6.07, 6.45) is 3.99. The van der Waals surface area contributed by atoms with Crippen molar-refractivity contribution in [2.24, 2.45) is 5.92 Å². The predicted molar refractivity (Wildman–Crippen MR) is 96.4 cm³/mol. The molecule has 7 heteroatoms. The highest BCUT2D eigenvalue weighted by Gasteiger charge is 2.30. The van der Waals surface area contributed by atoms with E-state index in [0.29, 0.717) is 21.4 Å². The van der Waals surface area contributed by atoms with Gasteiger partial charge in [-0.25, -0.2) is 4.79 Å². The lowest BCUT2D eigenvalue weighted by atomic mass is 9.95. The first kappa shape index (κ1) is 18.0. The van der Waals surface area contributed by atoms with Gasteiger partial charge in [0.1, 0.15) is 17.4 Å². The Morgan fingerprint density at radius 3 is 2.80 bits per heavy atom. The number of hydrogen-bond acceptors (Lipinski definition) is 5. The van der Waals surface area contributed by atoms with Crippen LogP contribution in [0.25, 0.3) is 0 Å². The van der Waals surface area contributed by atoms with E-state index in [1.54, 1.807) is 30.6 Å². The molecule has 5 nitrogen and oxygen atoms in total. The van der Waals surface area contributed by atoms with Crippen LogP contribution in [0.2, 0.25) is 10.0 Å². The van der Waals surface area contributed by atoms with E-state index in [9.17, 15) is 4.79 Å². The lowest BCUT2D eigenvalue weighted by molar-refractivity contribution is 0.0588. The van der Waals surface area contributed by atoms with Gasteiger partial charge in [0, 0.05) is 35.4 Å². The number of nitrogens with zero attached hydrogens (tertiary/aromatic N) is 1. The minimum Gasteiger partial charge on any atom is -0.484 e. The molecule has 1 aromatic carbocycles. The van der Waals surface area contributed by atoms with Crippen molar-refractivity contribution in [1.29, 1.82) is 0 Å². The topological polar surface area (TPSA) is 60.5 Å². The summed E-state index contributed by atoms with van der Waals surface area (Å²) >= 11 is 12.1. The molecule has 1 N–H and O–H groups in total. The van der Waals surface area contributed by atoms with Gasteiger partial charge in [-0.1, -0.05) is 23.2 Å². The van der Waals surface area contributed by atoms with Gasteiger partial charge in [-0.2, -0.15) is 0 Å². The molecule has 1 aliphatic rings. The average Bonchev–Trinajstić information content (AvgIpc) is 3.14. The third-order valence-electron chi connectivity index (χ3n) is 4.18. The van der Waals surface area contributed by atoms with E-state index in [4.69, 9.17) is 32.7 Å². The number of carbonyl (C=O) groups is 1. The summed E-state index contributed by atoms with van der Waals surface area (Å²) in [5.41, 5.74) is 1.16. The Bertz CT molecular complexity index is 764. The molecule has 25 heavy (non-hydrogen) atoms. The van der Waals surface area contributed by atoms with Crippen LogP contribution in [0.15, 0.2) is 36.7 Å². The Kier molecular flexibility index (Phi) is 5.78. The van der Waals surface area contributed by atoms with Crippen molar-refractivity contribution in [2.75, 3.05) is 20.2 Å². The fourth-order valence-corrected chi connectivity index (χ4v) is 3.32. The largest absolute Gasteiger partial charge is 0.484 e. The molecule has 1 aliphatic heterocycles. The normalized spacial score (nSPS) is 18.0. The first-order valence-electron chi connectivity index (χ1n) is 7.94. The summed E-state index contributed by atoms with van der Waals surface area (Å²) < 4.78 is 11.1. The molecule has 0 amide bonds. The number of rotatable bonds is 5. The minimum absolute atomic E-state index is 0.237. The molecule has 2 atom stereocenters. The van der Waals surface area contributed by atoms with Crippen molar-refractivity contribution in [3.63, 3.8) is 0 Å². The van der Waals surface area contributed by atoms with Gasteiger partial charge in [0.25, 0.3) is 0 Å². The lowest BCUT2D eigenvalue weighted by Gasteiger charge is -2.25. The van der Waals surface area contributed by atoms with E-state index in [-0.39, 0.29) is 12.0 Å². The van der Waals surface area contributed by atoms with Crippen LogP contribution in [0.3, 0.4) is 0 Å². The molecule has 0 unspecified atom stereocenters. The number of ether oxygens (including phenoxy) is 2. The van der Waals surface area contributed by atoms with Gasteiger partial charge in [0.05, 0.1) is 12.1 Å². The van der Waals surface area contributed by atoms with Crippen molar-refractivity contribution in [2.45, 2.75) is 12.5 Å². The highest BCUT2D eigenvalue weighted by molar-refractivity contribution is 6.31. The molecule has 0 radical (unpaired) electrons. The van der Waals surface area contributed by atoms with Crippen LogP contribution >= 0.6 is 23.2 Å². The van der Waals surface area contributed by atoms with Crippen LogP contribution in [-0.2, 0) is 4.74 Å². The minimum atomic E-state index is -0.495. The molecular formula is C18H18Cl2N2O3. The molecule has 0 bridgehead atoms. The quantitative estimate of drug-likeness (QED) is 0.796. The molecular weight excluding hydrogens is 363 g/mol. The van der Waals surface area contributed by atoms with Gasteiger partial charge < -0.3 is 14.8 Å². The number of methoxy groups -OCH3 is 1. The van der Waals surface area contributed by atoms with Crippen LogP contribution in [0, 0.1) is 5.92 Å². The van der Waals surface area contributed by atoms with Crippen molar-refractivity contribution in [1.82, 2.24) is 10.3 Å². The number of esters is 1. The van der Waals surface area contributed by atoms with Gasteiger partial charge in [0.15, 0.2) is 0 Å². The van der Waals surface area contributed by atoms with E-state index < -0.39 is 5.97 Å². The Morgan fingerprint density at radius 1 is 1.28 bits per heavy atom. The Balaban J connectivity index is 1.97. The molecule has 0 saturated carbocycles. The van der Waals surface area contributed by atoms with Crippen molar-refractivity contribution >= 4 is 29.2 Å². The highest BCUT2D eigenvalue weighted by Crippen LogP contribution is 2.35. The number of nitrogens with one attached hydrogen (secondary N) is 1. The summed E-state index contributed by atoms with van der Waals surface area (Å²) in [5, 5.41) is 4.32. The van der Waals surface area contributed by atoms with Crippen molar-refractivity contribution < 1.29 is 14.3 Å². The van der Waals surface area contributed by atoms with E-state index in [0.717, 1.165) is 25.1 Å². The Morgan fingerprint density at radius 2 is 2.12 bits per heavy atom. The number of carbonyl (C=O) groups excluding carboxylic acids is 1. The van der Waals surface area contributed by atoms with Gasteiger partial charge in [0.2, 0.25) is 0 Å². The number of pyridine rings is 1. The van der Waals surface area contributed by atoms with Crippen LogP contribution < -0.4 is 10.1 Å². The van der Waals surface area contributed by atoms with E-state index >= 15 is 0 Å². The first-order valence-corrected chi connectivity index (χ1v) is 8.69. The maximum absolute atomic E-state index is 12.1. The van der Waals surface area contributed by atoms with Gasteiger partial charge >= 0.3 is 5.97 Å². The van der Waals surface area contributed by atoms with Gasteiger partial charge in [-0.3, -0.25) is 4.98 Å². The van der Waals surface area contributed by atoms with Gasteiger partial charge in [-0.05, 0) is 37.2 Å². The smallest absolute Gasteiger partial charge is 0.341 e. The zero-order chi connectivity index (χ0) is 17.8. The third-order valence-corrected chi connectivity index (χ3v) is 4.62. The second kappa shape index (κ2) is 8.04. The average molecular weight is 381 g/mol. The second-order valence-corrected chi connectivity index (χ2v) is 6.73. The first-order chi connectivity index (χ1) is 12.1. The molecule has 3 rings (SSSR count). The SMILES string of the molecule is COC(=O)c1cc(Cl)ccc1O[C@H](c1cncc(Cl)c1)[C@@H]1CCNC1. The zero-order valence-corrected chi connectivity index (χ0v) is 15.2. The third kappa shape index (κ3) is 4.24. The van der Waals surface area contributed by atoms with Crippen molar-refractivity contribution in [3.05, 3.63) is 57.8 Å². The molecule has 2 aromatic rings. The second-order valence-electron chi connectivity index (χ2n) is 5.86. The molecule has 1 saturated heterocycles. The van der Waals surface area contributed by atoms with Gasteiger partial charge in [-0.15, -0.1) is 0 Å². The monoisotopic (exact) mass is 380 g/mol. The van der Waals surface area contributed by atoms with E-state index in [2.05, 4.69) is 10.3 Å². The Hall–Kier alpha value is -1.82. The molecule has 2 heterocycles. The summed E-state index contributed by atoms with van der Waals surface area (Å²) in [4.78, 5) is 16.2.